The van der Waals surface area contributed by atoms with Gasteiger partial charge >= 0.3 is 0 Å². The highest BCUT2D eigenvalue weighted by Gasteiger charge is 2.13. The van der Waals surface area contributed by atoms with Crippen molar-refractivity contribution in [2.45, 2.75) is 26.5 Å². The van der Waals surface area contributed by atoms with Gasteiger partial charge in [0.05, 0.1) is 18.8 Å². The molecule has 2 aromatic rings. The number of hydrogen-bond acceptors (Lipinski definition) is 3. The van der Waals surface area contributed by atoms with Crippen LogP contribution in [0.15, 0.2) is 35.4 Å². The SMILES string of the molecule is CC(C)C(O)c1ccn(Cc2cnoc2)c1. The molecule has 1 unspecified atom stereocenters. The quantitative estimate of drug-likeness (QED) is 0.859. The van der Waals surface area contributed by atoms with E-state index in [1.807, 2.05) is 36.9 Å². The van der Waals surface area contributed by atoms with Crippen LogP contribution in [0.5, 0.6) is 0 Å². The lowest BCUT2D eigenvalue weighted by Crippen LogP contribution is -2.04. The van der Waals surface area contributed by atoms with Gasteiger partial charge in [0.1, 0.15) is 6.26 Å². The summed E-state index contributed by atoms with van der Waals surface area (Å²) in [4.78, 5) is 0. The minimum absolute atomic E-state index is 0.228. The number of aromatic nitrogens is 2. The Morgan fingerprint density at radius 1 is 1.50 bits per heavy atom. The van der Waals surface area contributed by atoms with Gasteiger partial charge in [-0.05, 0) is 17.5 Å². The fourth-order valence-corrected chi connectivity index (χ4v) is 1.63. The van der Waals surface area contributed by atoms with Crippen molar-refractivity contribution in [3.05, 3.63) is 42.0 Å². The number of aliphatic hydroxyl groups excluding tert-OH is 1. The predicted molar refractivity (Wildman–Crippen MR) is 59.8 cm³/mol. The summed E-state index contributed by atoms with van der Waals surface area (Å²) in [6, 6.07) is 1.94. The van der Waals surface area contributed by atoms with Crippen LogP contribution in [0.2, 0.25) is 0 Å². The van der Waals surface area contributed by atoms with Gasteiger partial charge in [-0.3, -0.25) is 0 Å². The third kappa shape index (κ3) is 2.33. The van der Waals surface area contributed by atoms with Crippen LogP contribution < -0.4 is 0 Å². The van der Waals surface area contributed by atoms with Crippen molar-refractivity contribution in [1.82, 2.24) is 9.72 Å². The Hall–Kier alpha value is -1.55. The molecule has 4 nitrogen and oxygen atoms in total. The highest BCUT2D eigenvalue weighted by Crippen LogP contribution is 2.21. The molecule has 2 heterocycles. The van der Waals surface area contributed by atoms with Crippen LogP contribution in [0.4, 0.5) is 0 Å². The smallest absolute Gasteiger partial charge is 0.128 e. The fraction of sp³-hybridized carbons (Fsp3) is 0.417. The van der Waals surface area contributed by atoms with E-state index in [0.29, 0.717) is 6.54 Å². The number of nitrogens with zero attached hydrogens (tertiary/aromatic N) is 2. The first-order chi connectivity index (χ1) is 7.66. The normalized spacial score (nSPS) is 13.2. The summed E-state index contributed by atoms with van der Waals surface area (Å²) in [7, 11) is 0. The molecule has 0 spiro atoms. The molecule has 1 atom stereocenters. The van der Waals surface area contributed by atoms with Crippen molar-refractivity contribution in [3.63, 3.8) is 0 Å². The molecular formula is C12H16N2O2. The van der Waals surface area contributed by atoms with E-state index in [1.54, 1.807) is 12.5 Å². The van der Waals surface area contributed by atoms with Gasteiger partial charge in [-0.25, -0.2) is 0 Å². The zero-order chi connectivity index (χ0) is 11.5. The lowest BCUT2D eigenvalue weighted by Gasteiger charge is -2.12. The van der Waals surface area contributed by atoms with Crippen LogP contribution in [0.25, 0.3) is 0 Å². The molecule has 0 fully saturated rings. The van der Waals surface area contributed by atoms with Crippen molar-refractivity contribution in [3.8, 4) is 0 Å². The van der Waals surface area contributed by atoms with Crippen molar-refractivity contribution in [1.29, 1.82) is 0 Å². The molecule has 2 rings (SSSR count). The molecule has 1 N–H and O–H groups in total. The second-order valence-electron chi connectivity index (χ2n) is 4.34. The van der Waals surface area contributed by atoms with Crippen LogP contribution in [-0.4, -0.2) is 14.8 Å². The lowest BCUT2D eigenvalue weighted by molar-refractivity contribution is 0.127. The molecule has 0 bridgehead atoms. The Morgan fingerprint density at radius 3 is 2.94 bits per heavy atom. The van der Waals surface area contributed by atoms with E-state index in [1.165, 1.54) is 0 Å². The molecule has 16 heavy (non-hydrogen) atoms. The molecule has 0 saturated heterocycles. The summed E-state index contributed by atoms with van der Waals surface area (Å²) in [5.74, 6) is 0.228. The summed E-state index contributed by atoms with van der Waals surface area (Å²) in [6.45, 7) is 4.72. The zero-order valence-corrected chi connectivity index (χ0v) is 9.50. The summed E-state index contributed by atoms with van der Waals surface area (Å²) >= 11 is 0. The number of rotatable bonds is 4. The van der Waals surface area contributed by atoms with E-state index in [4.69, 9.17) is 4.52 Å². The summed E-state index contributed by atoms with van der Waals surface area (Å²) in [5, 5.41) is 13.5. The number of hydrogen-bond donors (Lipinski definition) is 1. The second-order valence-corrected chi connectivity index (χ2v) is 4.34. The molecule has 0 saturated carbocycles. The van der Waals surface area contributed by atoms with Gasteiger partial charge < -0.3 is 14.2 Å². The van der Waals surface area contributed by atoms with E-state index in [9.17, 15) is 5.11 Å². The standard InChI is InChI=1S/C12H16N2O2/c1-9(2)12(15)11-3-4-14(7-11)6-10-5-13-16-8-10/h3-5,7-9,12,15H,6H2,1-2H3. The second kappa shape index (κ2) is 4.53. The van der Waals surface area contributed by atoms with Gasteiger partial charge in [0.25, 0.3) is 0 Å². The molecule has 4 heteroatoms. The summed E-state index contributed by atoms with van der Waals surface area (Å²) in [6.07, 6.45) is 6.83. The van der Waals surface area contributed by atoms with E-state index in [2.05, 4.69) is 5.16 Å². The molecule has 0 radical (unpaired) electrons. The molecule has 0 amide bonds. The molecule has 0 aliphatic carbocycles. The van der Waals surface area contributed by atoms with Crippen molar-refractivity contribution in [2.75, 3.05) is 0 Å². The third-order valence-electron chi connectivity index (χ3n) is 2.59. The first-order valence-electron chi connectivity index (χ1n) is 5.39. The molecule has 0 aliphatic heterocycles. The average Bonchev–Trinajstić information content (AvgIpc) is 2.88. The molecule has 86 valence electrons. The van der Waals surface area contributed by atoms with E-state index < -0.39 is 6.10 Å². The predicted octanol–water partition coefficient (Wildman–Crippen LogP) is 2.21. The topological polar surface area (TPSA) is 51.2 Å². The van der Waals surface area contributed by atoms with Gasteiger partial charge in [-0.15, -0.1) is 0 Å². The van der Waals surface area contributed by atoms with Crippen LogP contribution >= 0.6 is 0 Å². The maximum atomic E-state index is 9.89. The molecule has 0 aliphatic rings. The van der Waals surface area contributed by atoms with Gasteiger partial charge in [-0.1, -0.05) is 19.0 Å². The maximum absolute atomic E-state index is 9.89. The van der Waals surface area contributed by atoms with Crippen molar-refractivity contribution >= 4 is 0 Å². The third-order valence-corrected chi connectivity index (χ3v) is 2.59. The fourth-order valence-electron chi connectivity index (χ4n) is 1.63. The minimum Gasteiger partial charge on any atom is -0.388 e. The van der Waals surface area contributed by atoms with Crippen LogP contribution in [0.1, 0.15) is 31.1 Å². The lowest BCUT2D eigenvalue weighted by atomic mass is 10.0. The van der Waals surface area contributed by atoms with Crippen LogP contribution in [-0.2, 0) is 6.54 Å². The van der Waals surface area contributed by atoms with E-state index >= 15 is 0 Å². The Kier molecular flexibility index (Phi) is 3.10. The van der Waals surface area contributed by atoms with Gasteiger partial charge in [0.15, 0.2) is 0 Å². The van der Waals surface area contributed by atoms with E-state index in [-0.39, 0.29) is 5.92 Å². The first kappa shape index (κ1) is 11.0. The molecule has 0 aromatic carbocycles. The van der Waals surface area contributed by atoms with Gasteiger partial charge in [0.2, 0.25) is 0 Å². The van der Waals surface area contributed by atoms with Gasteiger partial charge in [-0.2, -0.15) is 0 Å². The molecular weight excluding hydrogens is 204 g/mol. The zero-order valence-electron chi connectivity index (χ0n) is 9.50. The first-order valence-corrected chi connectivity index (χ1v) is 5.39. The van der Waals surface area contributed by atoms with Crippen LogP contribution in [0.3, 0.4) is 0 Å². The maximum Gasteiger partial charge on any atom is 0.128 e. The Balaban J connectivity index is 2.08. The summed E-state index contributed by atoms with van der Waals surface area (Å²) < 4.78 is 6.77. The van der Waals surface area contributed by atoms with Crippen molar-refractivity contribution in [2.24, 2.45) is 5.92 Å². The Morgan fingerprint density at radius 2 is 2.31 bits per heavy atom. The molecule has 2 aromatic heterocycles. The number of aliphatic hydroxyl groups is 1. The highest BCUT2D eigenvalue weighted by molar-refractivity contribution is 5.15. The van der Waals surface area contributed by atoms with Crippen molar-refractivity contribution < 1.29 is 9.63 Å². The largest absolute Gasteiger partial charge is 0.388 e. The minimum atomic E-state index is -0.399. The van der Waals surface area contributed by atoms with Crippen LogP contribution in [0, 0.1) is 5.92 Å². The highest BCUT2D eigenvalue weighted by atomic mass is 16.5. The van der Waals surface area contributed by atoms with E-state index in [0.717, 1.165) is 11.1 Å². The average molecular weight is 220 g/mol. The Bertz CT molecular complexity index is 432. The summed E-state index contributed by atoms with van der Waals surface area (Å²) in [5.41, 5.74) is 1.97. The monoisotopic (exact) mass is 220 g/mol. The Labute approximate surface area is 94.5 Å². The van der Waals surface area contributed by atoms with Gasteiger partial charge in [0, 0.05) is 18.0 Å².